The van der Waals surface area contributed by atoms with Crippen molar-refractivity contribution in [2.45, 2.75) is 13.5 Å². The third-order valence-electron chi connectivity index (χ3n) is 2.04. The predicted octanol–water partition coefficient (Wildman–Crippen LogP) is 2.80. The van der Waals surface area contributed by atoms with E-state index < -0.39 is 0 Å². The van der Waals surface area contributed by atoms with E-state index in [0.29, 0.717) is 0 Å². The van der Waals surface area contributed by atoms with Gasteiger partial charge >= 0.3 is 0 Å². The molecule has 0 saturated heterocycles. The highest BCUT2D eigenvalue weighted by Gasteiger charge is 1.98. The van der Waals surface area contributed by atoms with Gasteiger partial charge in [0.2, 0.25) is 0 Å². The van der Waals surface area contributed by atoms with Gasteiger partial charge in [0.25, 0.3) is 0 Å². The third kappa shape index (κ3) is 4.98. The van der Waals surface area contributed by atoms with E-state index in [1.165, 1.54) is 5.56 Å². The highest BCUT2D eigenvalue weighted by molar-refractivity contribution is 9.10. The maximum atomic E-state index is 5.91. The SMILES string of the molecule is CCNCCNCc1ccc(Cl)c(Br)c1. The van der Waals surface area contributed by atoms with Crippen LogP contribution in [0.2, 0.25) is 5.02 Å². The van der Waals surface area contributed by atoms with Crippen LogP contribution in [-0.4, -0.2) is 19.6 Å². The number of hydrogen-bond donors (Lipinski definition) is 2. The van der Waals surface area contributed by atoms with Crippen molar-refractivity contribution in [3.8, 4) is 0 Å². The summed E-state index contributed by atoms with van der Waals surface area (Å²) in [7, 11) is 0. The molecule has 0 aliphatic carbocycles. The van der Waals surface area contributed by atoms with E-state index in [-0.39, 0.29) is 0 Å². The van der Waals surface area contributed by atoms with Gasteiger partial charge in [0.1, 0.15) is 0 Å². The van der Waals surface area contributed by atoms with Gasteiger partial charge in [-0.05, 0) is 40.2 Å². The number of benzene rings is 1. The molecule has 0 bridgehead atoms. The molecular formula is C11H16BrClN2. The lowest BCUT2D eigenvalue weighted by Gasteiger charge is -2.06. The van der Waals surface area contributed by atoms with Gasteiger partial charge in [-0.1, -0.05) is 24.6 Å². The zero-order valence-corrected chi connectivity index (χ0v) is 11.2. The lowest BCUT2D eigenvalue weighted by Crippen LogP contribution is -2.26. The molecule has 1 aromatic rings. The van der Waals surface area contributed by atoms with Crippen LogP contribution in [-0.2, 0) is 6.54 Å². The van der Waals surface area contributed by atoms with Crippen molar-refractivity contribution >= 4 is 27.5 Å². The first-order valence-electron chi connectivity index (χ1n) is 5.09. The van der Waals surface area contributed by atoms with Gasteiger partial charge in [0.05, 0.1) is 5.02 Å². The quantitative estimate of drug-likeness (QED) is 0.788. The second kappa shape index (κ2) is 7.23. The Bertz CT molecular complexity index is 305. The molecule has 0 saturated carbocycles. The van der Waals surface area contributed by atoms with E-state index in [1.54, 1.807) is 0 Å². The zero-order chi connectivity index (χ0) is 11.1. The molecule has 0 aromatic heterocycles. The Kier molecular flexibility index (Phi) is 6.25. The van der Waals surface area contributed by atoms with Crippen LogP contribution in [0.5, 0.6) is 0 Å². The van der Waals surface area contributed by atoms with Gasteiger partial charge in [-0.3, -0.25) is 0 Å². The molecule has 0 aliphatic heterocycles. The molecule has 0 amide bonds. The van der Waals surface area contributed by atoms with Gasteiger partial charge < -0.3 is 10.6 Å². The van der Waals surface area contributed by atoms with Crippen LogP contribution in [0.1, 0.15) is 12.5 Å². The Morgan fingerprint density at radius 3 is 2.67 bits per heavy atom. The van der Waals surface area contributed by atoms with Crippen LogP contribution in [0.3, 0.4) is 0 Å². The van der Waals surface area contributed by atoms with Crippen molar-refractivity contribution in [1.82, 2.24) is 10.6 Å². The number of rotatable bonds is 6. The van der Waals surface area contributed by atoms with E-state index in [2.05, 4.69) is 33.5 Å². The minimum absolute atomic E-state index is 0.756. The van der Waals surface area contributed by atoms with Crippen molar-refractivity contribution in [2.24, 2.45) is 0 Å². The third-order valence-corrected chi connectivity index (χ3v) is 3.26. The first kappa shape index (κ1) is 13.0. The molecular weight excluding hydrogens is 275 g/mol. The van der Waals surface area contributed by atoms with Crippen molar-refractivity contribution < 1.29 is 0 Å². The topological polar surface area (TPSA) is 24.1 Å². The molecule has 2 nitrogen and oxygen atoms in total. The summed E-state index contributed by atoms with van der Waals surface area (Å²) in [6.07, 6.45) is 0. The normalized spacial score (nSPS) is 10.6. The molecule has 0 unspecified atom stereocenters. The summed E-state index contributed by atoms with van der Waals surface area (Å²) in [4.78, 5) is 0. The first-order valence-corrected chi connectivity index (χ1v) is 6.26. The molecule has 0 fully saturated rings. The summed E-state index contributed by atoms with van der Waals surface area (Å²) >= 11 is 9.31. The van der Waals surface area contributed by atoms with Crippen LogP contribution >= 0.6 is 27.5 Å². The molecule has 15 heavy (non-hydrogen) atoms. The summed E-state index contributed by atoms with van der Waals surface area (Å²) in [6, 6.07) is 5.99. The summed E-state index contributed by atoms with van der Waals surface area (Å²) in [6.45, 7) is 5.99. The fourth-order valence-electron chi connectivity index (χ4n) is 1.24. The number of halogens is 2. The maximum Gasteiger partial charge on any atom is 0.0548 e. The Labute approximate surface area is 105 Å². The minimum atomic E-state index is 0.756. The summed E-state index contributed by atoms with van der Waals surface area (Å²) in [5, 5.41) is 7.37. The largest absolute Gasteiger partial charge is 0.316 e. The fraction of sp³-hybridized carbons (Fsp3) is 0.455. The lowest BCUT2D eigenvalue weighted by atomic mass is 10.2. The Morgan fingerprint density at radius 2 is 2.00 bits per heavy atom. The van der Waals surface area contributed by atoms with Gasteiger partial charge in [-0.15, -0.1) is 0 Å². The van der Waals surface area contributed by atoms with Crippen LogP contribution in [0, 0.1) is 0 Å². The van der Waals surface area contributed by atoms with E-state index in [1.807, 2.05) is 18.2 Å². The molecule has 0 spiro atoms. The Morgan fingerprint density at radius 1 is 1.27 bits per heavy atom. The summed E-state index contributed by atoms with van der Waals surface area (Å²) in [5.74, 6) is 0. The molecule has 4 heteroatoms. The molecule has 0 radical (unpaired) electrons. The molecule has 1 rings (SSSR count). The summed E-state index contributed by atoms with van der Waals surface area (Å²) in [5.41, 5.74) is 1.24. The highest BCUT2D eigenvalue weighted by atomic mass is 79.9. The average Bonchev–Trinajstić information content (AvgIpc) is 2.23. The minimum Gasteiger partial charge on any atom is -0.316 e. The summed E-state index contributed by atoms with van der Waals surface area (Å²) < 4.78 is 0.954. The van der Waals surface area contributed by atoms with Crippen molar-refractivity contribution in [3.63, 3.8) is 0 Å². The fourth-order valence-corrected chi connectivity index (χ4v) is 1.78. The average molecular weight is 292 g/mol. The van der Waals surface area contributed by atoms with Gasteiger partial charge in [-0.2, -0.15) is 0 Å². The van der Waals surface area contributed by atoms with Crippen molar-refractivity contribution in [2.75, 3.05) is 19.6 Å². The predicted molar refractivity (Wildman–Crippen MR) is 69.4 cm³/mol. The van der Waals surface area contributed by atoms with Crippen molar-refractivity contribution in [1.29, 1.82) is 0 Å². The van der Waals surface area contributed by atoms with Crippen molar-refractivity contribution in [3.05, 3.63) is 33.3 Å². The second-order valence-corrected chi connectivity index (χ2v) is 4.54. The van der Waals surface area contributed by atoms with E-state index in [4.69, 9.17) is 11.6 Å². The molecule has 0 atom stereocenters. The van der Waals surface area contributed by atoms with Gasteiger partial charge in [0.15, 0.2) is 0 Å². The van der Waals surface area contributed by atoms with Crippen LogP contribution in [0.15, 0.2) is 22.7 Å². The van der Waals surface area contributed by atoms with Crippen LogP contribution in [0.4, 0.5) is 0 Å². The zero-order valence-electron chi connectivity index (χ0n) is 8.82. The van der Waals surface area contributed by atoms with Gasteiger partial charge in [-0.25, -0.2) is 0 Å². The Hall–Kier alpha value is -0.0900. The molecule has 1 aromatic carbocycles. The monoisotopic (exact) mass is 290 g/mol. The molecule has 84 valence electrons. The van der Waals surface area contributed by atoms with Gasteiger partial charge in [0, 0.05) is 24.1 Å². The molecule has 0 heterocycles. The van der Waals surface area contributed by atoms with E-state index >= 15 is 0 Å². The van der Waals surface area contributed by atoms with Crippen LogP contribution < -0.4 is 10.6 Å². The standard InChI is InChI=1S/C11H16BrClN2/c1-2-14-5-6-15-8-9-3-4-11(13)10(12)7-9/h3-4,7,14-15H,2,5-6,8H2,1H3. The van der Waals surface area contributed by atoms with Crippen LogP contribution in [0.25, 0.3) is 0 Å². The number of nitrogens with one attached hydrogen (secondary N) is 2. The smallest absolute Gasteiger partial charge is 0.0548 e. The van der Waals surface area contributed by atoms with E-state index in [9.17, 15) is 0 Å². The maximum absolute atomic E-state index is 5.91. The first-order chi connectivity index (χ1) is 7.24. The second-order valence-electron chi connectivity index (χ2n) is 3.28. The number of hydrogen-bond acceptors (Lipinski definition) is 2. The molecule has 0 aliphatic rings. The highest BCUT2D eigenvalue weighted by Crippen LogP contribution is 2.22. The lowest BCUT2D eigenvalue weighted by molar-refractivity contribution is 0.625. The number of likely N-dealkylation sites (N-methyl/N-ethyl adjacent to an activating group) is 1. The Balaban J connectivity index is 2.28. The molecule has 2 N–H and O–H groups in total. The van der Waals surface area contributed by atoms with E-state index in [0.717, 1.165) is 35.7 Å².